The third-order valence-corrected chi connectivity index (χ3v) is 2.11. The predicted octanol–water partition coefficient (Wildman–Crippen LogP) is 3.05. The lowest BCUT2D eigenvalue weighted by Crippen LogP contribution is -2.37. The molecule has 0 aliphatic rings. The Morgan fingerprint density at radius 2 is 1.86 bits per heavy atom. The molecule has 0 atom stereocenters. The quantitative estimate of drug-likeness (QED) is 0.606. The molecule has 0 aliphatic carbocycles. The van der Waals surface area contributed by atoms with Crippen molar-refractivity contribution in [2.24, 2.45) is 0 Å². The summed E-state index contributed by atoms with van der Waals surface area (Å²) >= 11 is 0. The molecular weight excluding hydrogens is 190 g/mol. The van der Waals surface area contributed by atoms with Crippen LogP contribution in [-0.2, 0) is 0 Å². The third kappa shape index (κ3) is 4.70. The van der Waals surface area contributed by atoms with Crippen LogP contribution in [0.15, 0.2) is 12.1 Å². The molecule has 0 aromatic carbocycles. The Hall–Kier alpha value is -0.445. The molecule has 1 nitrogen and oxygen atoms in total. The van der Waals surface area contributed by atoms with Gasteiger partial charge in [0.2, 0.25) is 0 Å². The summed E-state index contributed by atoms with van der Waals surface area (Å²) < 4.78 is 36.7. The van der Waals surface area contributed by atoms with Crippen molar-refractivity contribution in [1.29, 1.82) is 0 Å². The molecule has 84 valence electrons. The topological polar surface area (TPSA) is 3.24 Å². The third-order valence-electron chi connectivity index (χ3n) is 2.11. The van der Waals surface area contributed by atoms with Gasteiger partial charge in [-0.05, 0) is 33.4 Å². The van der Waals surface area contributed by atoms with E-state index in [4.69, 9.17) is 0 Å². The molecule has 0 spiro atoms. The zero-order valence-corrected chi connectivity index (χ0v) is 9.06. The average Bonchev–Trinajstić information content (AvgIpc) is 2.01. The Balaban J connectivity index is 4.24. The summed E-state index contributed by atoms with van der Waals surface area (Å²) in [5.41, 5.74) is -0.604. The molecular formula is C9H18BF3N-. The van der Waals surface area contributed by atoms with Gasteiger partial charge in [-0.3, -0.25) is 0 Å². The Morgan fingerprint density at radius 3 is 2.14 bits per heavy atom. The van der Waals surface area contributed by atoms with Crippen LogP contribution in [0.3, 0.4) is 0 Å². The maximum atomic E-state index is 12.2. The van der Waals surface area contributed by atoms with Crippen molar-refractivity contribution in [2.45, 2.75) is 33.2 Å². The molecule has 0 rings (SSSR count). The van der Waals surface area contributed by atoms with Crippen molar-refractivity contribution in [3.8, 4) is 0 Å². The van der Waals surface area contributed by atoms with Crippen LogP contribution >= 0.6 is 0 Å². The first kappa shape index (κ1) is 13.6. The van der Waals surface area contributed by atoms with E-state index in [0.29, 0.717) is 6.54 Å². The average molecular weight is 208 g/mol. The van der Waals surface area contributed by atoms with Gasteiger partial charge in [-0.1, -0.05) is 6.92 Å². The van der Waals surface area contributed by atoms with Gasteiger partial charge in [0.05, 0.1) is 0 Å². The predicted molar refractivity (Wildman–Crippen MR) is 55.2 cm³/mol. The fourth-order valence-electron chi connectivity index (χ4n) is 1.17. The number of nitrogens with zero attached hydrogens (tertiary/aromatic N) is 1. The summed E-state index contributed by atoms with van der Waals surface area (Å²) in [5.74, 6) is 0. The van der Waals surface area contributed by atoms with E-state index in [1.165, 1.54) is 0 Å². The summed E-state index contributed by atoms with van der Waals surface area (Å²) in [6.45, 7) is 4.58. The standard InChI is InChI=1S/C9H18BF3N/c1-5-6-14(8(2)3)7-9(4)10(11,12)13/h8H,4-7H2,1-3H3/q-1. The Kier molecular flexibility index (Phi) is 5.27. The van der Waals surface area contributed by atoms with Crippen molar-refractivity contribution >= 4 is 6.98 Å². The van der Waals surface area contributed by atoms with Crippen molar-refractivity contribution in [3.63, 3.8) is 0 Å². The SMILES string of the molecule is C=C(CN(CCC)C(C)C)[B-](F)(F)F. The maximum absolute atomic E-state index is 12.2. The van der Waals surface area contributed by atoms with E-state index in [2.05, 4.69) is 6.58 Å². The van der Waals surface area contributed by atoms with Gasteiger partial charge in [0.1, 0.15) is 0 Å². The van der Waals surface area contributed by atoms with Crippen molar-refractivity contribution in [3.05, 3.63) is 12.1 Å². The molecule has 0 bridgehead atoms. The van der Waals surface area contributed by atoms with Gasteiger partial charge >= 0.3 is 6.98 Å². The second-order valence-electron chi connectivity index (χ2n) is 3.80. The lowest BCUT2D eigenvalue weighted by molar-refractivity contribution is 0.241. The molecule has 0 N–H and O–H groups in total. The van der Waals surface area contributed by atoms with Crippen LogP contribution in [0.2, 0.25) is 0 Å². The highest BCUT2D eigenvalue weighted by molar-refractivity contribution is 6.66. The summed E-state index contributed by atoms with van der Waals surface area (Å²) in [6, 6.07) is 0.129. The molecule has 5 heteroatoms. The molecule has 0 saturated carbocycles. The molecule has 0 heterocycles. The van der Waals surface area contributed by atoms with Crippen molar-refractivity contribution < 1.29 is 12.9 Å². The molecule has 0 aliphatic heterocycles. The highest BCUT2D eigenvalue weighted by atomic mass is 19.4. The minimum Gasteiger partial charge on any atom is -0.445 e. The number of hydrogen-bond acceptors (Lipinski definition) is 1. The zero-order valence-electron chi connectivity index (χ0n) is 9.06. The van der Waals surface area contributed by atoms with E-state index in [1.807, 2.05) is 20.8 Å². The summed E-state index contributed by atoms with van der Waals surface area (Å²) in [5, 5.41) is 0. The van der Waals surface area contributed by atoms with E-state index >= 15 is 0 Å². The van der Waals surface area contributed by atoms with E-state index in [0.717, 1.165) is 6.42 Å². The zero-order chi connectivity index (χ0) is 11.4. The first-order chi connectivity index (χ1) is 6.29. The van der Waals surface area contributed by atoms with Gasteiger partial charge in [0.25, 0.3) is 0 Å². The Morgan fingerprint density at radius 1 is 1.36 bits per heavy atom. The van der Waals surface area contributed by atoms with Crippen molar-refractivity contribution in [1.82, 2.24) is 4.90 Å². The van der Waals surface area contributed by atoms with Crippen LogP contribution in [0.4, 0.5) is 12.9 Å². The fourth-order valence-corrected chi connectivity index (χ4v) is 1.17. The Bertz CT molecular complexity index is 189. The van der Waals surface area contributed by atoms with E-state index in [9.17, 15) is 12.9 Å². The highest BCUT2D eigenvalue weighted by Gasteiger charge is 2.28. The normalized spacial score (nSPS) is 12.6. The second kappa shape index (κ2) is 5.44. The number of halogens is 3. The first-order valence-corrected chi connectivity index (χ1v) is 4.90. The summed E-state index contributed by atoms with van der Waals surface area (Å²) in [4.78, 5) is 1.79. The summed E-state index contributed by atoms with van der Waals surface area (Å²) in [6.07, 6.45) is 0.857. The summed E-state index contributed by atoms with van der Waals surface area (Å²) in [7, 11) is 0. The molecule has 0 aromatic rings. The monoisotopic (exact) mass is 208 g/mol. The fraction of sp³-hybridized carbons (Fsp3) is 0.778. The molecule has 0 radical (unpaired) electrons. The van der Waals surface area contributed by atoms with Crippen LogP contribution in [0.25, 0.3) is 0 Å². The number of rotatable bonds is 6. The first-order valence-electron chi connectivity index (χ1n) is 4.90. The van der Waals surface area contributed by atoms with E-state index < -0.39 is 12.4 Å². The molecule has 0 unspecified atom stereocenters. The lowest BCUT2D eigenvalue weighted by Gasteiger charge is -2.30. The smallest absolute Gasteiger partial charge is 0.445 e. The van der Waals surface area contributed by atoms with Gasteiger partial charge in [0.15, 0.2) is 0 Å². The van der Waals surface area contributed by atoms with Crippen LogP contribution in [0, 0.1) is 0 Å². The largest absolute Gasteiger partial charge is 0.506 e. The van der Waals surface area contributed by atoms with Gasteiger partial charge in [-0.15, -0.1) is 12.1 Å². The number of hydrogen-bond donors (Lipinski definition) is 0. The minimum atomic E-state index is -4.88. The molecule has 0 amide bonds. The molecule has 14 heavy (non-hydrogen) atoms. The van der Waals surface area contributed by atoms with Crippen LogP contribution in [-0.4, -0.2) is 31.0 Å². The van der Waals surface area contributed by atoms with Gasteiger partial charge in [-0.25, -0.2) is 0 Å². The van der Waals surface area contributed by atoms with Gasteiger partial charge < -0.3 is 17.8 Å². The van der Waals surface area contributed by atoms with Crippen LogP contribution in [0.5, 0.6) is 0 Å². The van der Waals surface area contributed by atoms with Crippen LogP contribution in [0.1, 0.15) is 27.2 Å². The van der Waals surface area contributed by atoms with E-state index in [-0.39, 0.29) is 12.6 Å². The highest BCUT2D eigenvalue weighted by Crippen LogP contribution is 2.19. The second-order valence-corrected chi connectivity index (χ2v) is 3.80. The molecule has 0 aromatic heterocycles. The van der Waals surface area contributed by atoms with Gasteiger partial charge in [0, 0.05) is 6.04 Å². The Labute approximate surface area is 84.0 Å². The molecule has 0 fully saturated rings. The van der Waals surface area contributed by atoms with Gasteiger partial charge in [-0.2, -0.15) is 0 Å². The van der Waals surface area contributed by atoms with Crippen LogP contribution < -0.4 is 0 Å². The van der Waals surface area contributed by atoms with Crippen molar-refractivity contribution in [2.75, 3.05) is 13.1 Å². The minimum absolute atomic E-state index is 0.0605. The maximum Gasteiger partial charge on any atom is 0.506 e. The lowest BCUT2D eigenvalue weighted by atomic mass is 9.80. The van der Waals surface area contributed by atoms with E-state index in [1.54, 1.807) is 4.90 Å². The molecule has 0 saturated heterocycles.